The van der Waals surface area contributed by atoms with Crippen molar-refractivity contribution in [3.63, 3.8) is 0 Å². The molecular weight excluding hydrogens is 731 g/mol. The number of thioether (sulfide) groups is 1. The molecular formula is C44H63N3O6S2. The summed E-state index contributed by atoms with van der Waals surface area (Å²) in [6.07, 6.45) is 5.94. The van der Waals surface area contributed by atoms with Gasteiger partial charge < -0.3 is 18.9 Å². The van der Waals surface area contributed by atoms with Crippen molar-refractivity contribution in [2.45, 2.75) is 111 Å². The summed E-state index contributed by atoms with van der Waals surface area (Å²) >= 11 is 7.10. The summed E-state index contributed by atoms with van der Waals surface area (Å²) < 4.78 is 23.7. The van der Waals surface area contributed by atoms with Crippen molar-refractivity contribution in [3.8, 4) is 11.3 Å². The molecule has 4 unspecified atom stereocenters. The monoisotopic (exact) mass is 793 g/mol. The van der Waals surface area contributed by atoms with Crippen molar-refractivity contribution in [3.05, 3.63) is 84.1 Å². The molecule has 2 aromatic carbocycles. The van der Waals surface area contributed by atoms with Crippen molar-refractivity contribution >= 4 is 40.3 Å². The molecule has 4 atom stereocenters. The van der Waals surface area contributed by atoms with Crippen molar-refractivity contribution in [1.29, 1.82) is 0 Å². The molecule has 0 aliphatic rings. The second kappa shape index (κ2) is 20.6. The maximum Gasteiger partial charge on any atom is 0.335 e. The topological polar surface area (TPSA) is 102 Å². The van der Waals surface area contributed by atoms with Crippen molar-refractivity contribution < 1.29 is 28.5 Å². The second-order valence-corrected chi connectivity index (χ2v) is 18.6. The number of hydrogen-bond acceptors (Lipinski definition) is 10. The van der Waals surface area contributed by atoms with Crippen LogP contribution in [0.5, 0.6) is 0 Å². The van der Waals surface area contributed by atoms with Gasteiger partial charge >= 0.3 is 11.9 Å². The van der Waals surface area contributed by atoms with Crippen LogP contribution in [-0.4, -0.2) is 69.6 Å². The number of carbonyl (C=O) groups excluding carboxylic acids is 2. The molecule has 0 N–H and O–H groups in total. The summed E-state index contributed by atoms with van der Waals surface area (Å²) in [7, 11) is 2.86. The van der Waals surface area contributed by atoms with E-state index >= 15 is 0 Å². The number of nitrogens with zero attached hydrogens (tertiary/aromatic N) is 3. The minimum Gasteiger partial charge on any atom is -0.479 e. The standard InChI is InChI=1S/C44H63N3O6S2/c1-13-30(3)42(5,6)27-33-18-22-35(23-19-33)37-29-47(46-45-37)24-15-25-53-39(48)31(4)43(7,8)28-36(44(9,10)55-41(54)52-14-2)34-20-16-32(17-21-34)26-38(50-11)40(49)51-12/h13,16-23,29-31,36,38H,1,14-15,24-28H2,2-12H3. The molecule has 1 aromatic heterocycles. The number of thiocarbonyl (C=S) groups is 1. The normalized spacial score (nSPS) is 14.4. The average molecular weight is 794 g/mol. The lowest BCUT2D eigenvalue weighted by molar-refractivity contribution is -0.153. The van der Waals surface area contributed by atoms with E-state index in [2.05, 4.69) is 102 Å². The van der Waals surface area contributed by atoms with Gasteiger partial charge in [-0.15, -0.1) is 11.7 Å². The highest BCUT2D eigenvalue weighted by molar-refractivity contribution is 8.23. The predicted octanol–water partition coefficient (Wildman–Crippen LogP) is 9.67. The molecule has 11 heteroatoms. The fourth-order valence-corrected chi connectivity index (χ4v) is 8.31. The number of methoxy groups -OCH3 is 2. The Bertz CT molecular complexity index is 1700. The van der Waals surface area contributed by atoms with Crippen LogP contribution in [0.1, 0.15) is 97.8 Å². The zero-order chi connectivity index (χ0) is 41.0. The fraction of sp³-hybridized carbons (Fsp3) is 0.568. The van der Waals surface area contributed by atoms with E-state index in [9.17, 15) is 9.59 Å². The van der Waals surface area contributed by atoms with Crippen LogP contribution in [0.3, 0.4) is 0 Å². The van der Waals surface area contributed by atoms with E-state index in [-0.39, 0.29) is 34.6 Å². The molecule has 0 radical (unpaired) electrons. The van der Waals surface area contributed by atoms with Crippen LogP contribution in [0.2, 0.25) is 0 Å². The number of allylic oxidation sites excluding steroid dienone is 1. The fourth-order valence-electron chi connectivity index (χ4n) is 6.58. The molecule has 0 fully saturated rings. The second-order valence-electron chi connectivity index (χ2n) is 16.3. The van der Waals surface area contributed by atoms with E-state index in [0.29, 0.717) is 42.7 Å². The molecule has 0 aliphatic heterocycles. The van der Waals surface area contributed by atoms with E-state index in [1.807, 2.05) is 38.3 Å². The van der Waals surface area contributed by atoms with Gasteiger partial charge in [0.1, 0.15) is 5.69 Å². The largest absolute Gasteiger partial charge is 0.479 e. The average Bonchev–Trinajstić information content (AvgIpc) is 3.62. The van der Waals surface area contributed by atoms with Gasteiger partial charge in [0.25, 0.3) is 0 Å². The van der Waals surface area contributed by atoms with Gasteiger partial charge in [-0.25, -0.2) is 4.79 Å². The third-order valence-electron chi connectivity index (χ3n) is 11.1. The van der Waals surface area contributed by atoms with Crippen LogP contribution in [-0.2, 0) is 47.9 Å². The zero-order valence-electron chi connectivity index (χ0n) is 34.8. The van der Waals surface area contributed by atoms with Crippen LogP contribution < -0.4 is 0 Å². The Kier molecular flexibility index (Phi) is 17.1. The SMILES string of the molecule is C=CC(C)C(C)(C)Cc1ccc(-c2cn(CCCOC(=O)C(C)C(C)(C)CC(c3ccc(CC(OC)C(=O)OC)cc3)C(C)(C)SC(=S)OCC)nn2)cc1. The lowest BCUT2D eigenvalue weighted by Crippen LogP contribution is -2.37. The Balaban J connectivity index is 1.63. The van der Waals surface area contributed by atoms with Gasteiger partial charge in [-0.1, -0.05) is 113 Å². The van der Waals surface area contributed by atoms with E-state index in [4.69, 9.17) is 31.2 Å². The summed E-state index contributed by atoms with van der Waals surface area (Å²) in [4.78, 5) is 25.6. The Labute approximate surface area is 339 Å². The molecule has 55 heavy (non-hydrogen) atoms. The Morgan fingerprint density at radius 2 is 1.56 bits per heavy atom. The molecule has 3 aromatic rings. The highest BCUT2D eigenvalue weighted by Crippen LogP contribution is 2.48. The van der Waals surface area contributed by atoms with Crippen LogP contribution >= 0.6 is 24.0 Å². The summed E-state index contributed by atoms with van der Waals surface area (Å²) in [6, 6.07) is 16.7. The van der Waals surface area contributed by atoms with Gasteiger partial charge in [0.15, 0.2) is 6.10 Å². The van der Waals surface area contributed by atoms with Gasteiger partial charge in [0.05, 0.1) is 32.4 Å². The molecule has 0 saturated heterocycles. The van der Waals surface area contributed by atoms with E-state index < -0.39 is 17.5 Å². The maximum atomic E-state index is 13.5. The van der Waals surface area contributed by atoms with Gasteiger partial charge in [-0.05, 0) is 85.2 Å². The number of hydrogen-bond donors (Lipinski definition) is 0. The summed E-state index contributed by atoms with van der Waals surface area (Å²) in [5, 5.41) is 8.71. The predicted molar refractivity (Wildman–Crippen MR) is 227 cm³/mol. The van der Waals surface area contributed by atoms with Crippen LogP contribution in [0.25, 0.3) is 11.3 Å². The van der Waals surface area contributed by atoms with Crippen LogP contribution in [0.15, 0.2) is 67.4 Å². The molecule has 302 valence electrons. The lowest BCUT2D eigenvalue weighted by Gasteiger charge is -2.41. The van der Waals surface area contributed by atoms with Crippen LogP contribution in [0.4, 0.5) is 0 Å². The third-order valence-corrected chi connectivity index (χ3v) is 12.5. The number of benzene rings is 2. The Morgan fingerprint density at radius 1 is 0.927 bits per heavy atom. The first kappa shape index (κ1) is 45.8. The van der Waals surface area contributed by atoms with Gasteiger partial charge in [-0.2, -0.15) is 0 Å². The highest BCUT2D eigenvalue weighted by atomic mass is 32.2. The first-order valence-electron chi connectivity index (χ1n) is 19.2. The molecule has 1 heterocycles. The Hall–Kier alpha value is -3.54. The lowest BCUT2D eigenvalue weighted by atomic mass is 9.69. The number of carbonyl (C=O) groups is 2. The van der Waals surface area contributed by atoms with Gasteiger partial charge in [-0.3, -0.25) is 9.48 Å². The van der Waals surface area contributed by atoms with Crippen molar-refractivity contribution in [2.24, 2.45) is 22.7 Å². The maximum absolute atomic E-state index is 13.5. The van der Waals surface area contributed by atoms with Crippen molar-refractivity contribution in [1.82, 2.24) is 15.0 Å². The molecule has 0 aliphatic carbocycles. The number of ether oxygens (including phenoxy) is 4. The van der Waals surface area contributed by atoms with E-state index in [0.717, 1.165) is 28.8 Å². The molecule has 3 rings (SSSR count). The molecule has 0 spiro atoms. The minimum atomic E-state index is -0.681. The van der Waals surface area contributed by atoms with Crippen molar-refractivity contribution in [2.75, 3.05) is 27.4 Å². The zero-order valence-corrected chi connectivity index (χ0v) is 36.5. The Morgan fingerprint density at radius 3 is 2.15 bits per heavy atom. The van der Waals surface area contributed by atoms with Gasteiger partial charge in [0.2, 0.25) is 4.38 Å². The summed E-state index contributed by atoms with van der Waals surface area (Å²) in [5.74, 6) is -0.600. The number of aromatic nitrogens is 3. The number of esters is 2. The van der Waals surface area contributed by atoms with Gasteiger partial charge in [0, 0.05) is 36.8 Å². The molecule has 9 nitrogen and oxygen atoms in total. The minimum absolute atomic E-state index is 0.000415. The summed E-state index contributed by atoms with van der Waals surface area (Å²) in [5.41, 5.74) is 4.86. The summed E-state index contributed by atoms with van der Waals surface area (Å²) in [6.45, 7) is 24.5. The van der Waals surface area contributed by atoms with E-state index in [1.165, 1.54) is 31.5 Å². The number of rotatable bonds is 21. The first-order valence-corrected chi connectivity index (χ1v) is 20.4. The molecule has 0 bridgehead atoms. The third kappa shape index (κ3) is 13.3. The van der Waals surface area contributed by atoms with Crippen LogP contribution in [0, 0.1) is 22.7 Å². The smallest absolute Gasteiger partial charge is 0.335 e. The first-order chi connectivity index (χ1) is 25.9. The quantitative estimate of drug-likeness (QED) is 0.0449. The molecule has 0 amide bonds. The molecule has 0 saturated carbocycles. The van der Waals surface area contributed by atoms with E-state index in [1.54, 1.807) is 4.68 Å². The number of aryl methyl sites for hydroxylation is 1. The highest BCUT2D eigenvalue weighted by Gasteiger charge is 2.41.